The molecule has 0 atom stereocenters. The molecule has 0 bridgehead atoms. The van der Waals surface area contributed by atoms with Crippen molar-refractivity contribution < 1.29 is 22.7 Å². The molecule has 1 rings (SSSR count). The molecule has 0 aromatic heterocycles. The summed E-state index contributed by atoms with van der Waals surface area (Å²) in [7, 11) is -3.67. The number of benzene rings is 1. The standard InChI is InChI=1S/C16H24N2O5S/c1-12-5-7-13(8-6-12)24(21,22)17-10-9-15(20)23-11-14(19)18-16(2,3)4/h5-8,17H,9-11H2,1-4H3,(H,18,19). The zero-order valence-corrected chi connectivity index (χ0v) is 15.2. The number of esters is 1. The van der Waals surface area contributed by atoms with E-state index in [-0.39, 0.29) is 24.5 Å². The van der Waals surface area contributed by atoms with Crippen LogP contribution in [0, 0.1) is 6.92 Å². The summed E-state index contributed by atoms with van der Waals surface area (Å²) >= 11 is 0. The molecule has 0 saturated heterocycles. The van der Waals surface area contributed by atoms with Crippen LogP contribution >= 0.6 is 0 Å². The number of carbonyl (C=O) groups excluding carboxylic acids is 2. The molecule has 0 fully saturated rings. The van der Waals surface area contributed by atoms with Gasteiger partial charge in [-0.05, 0) is 39.8 Å². The van der Waals surface area contributed by atoms with Crippen LogP contribution in [0.5, 0.6) is 0 Å². The summed E-state index contributed by atoms with van der Waals surface area (Å²) < 4.78 is 31.2. The smallest absolute Gasteiger partial charge is 0.307 e. The SMILES string of the molecule is Cc1ccc(S(=O)(=O)NCCC(=O)OCC(=O)NC(C)(C)C)cc1. The second-order valence-electron chi connectivity index (χ2n) is 6.42. The van der Waals surface area contributed by atoms with Crippen molar-refractivity contribution in [2.75, 3.05) is 13.2 Å². The second-order valence-corrected chi connectivity index (χ2v) is 8.19. The van der Waals surface area contributed by atoms with Crippen LogP contribution in [0.1, 0.15) is 32.8 Å². The largest absolute Gasteiger partial charge is 0.456 e. The van der Waals surface area contributed by atoms with Gasteiger partial charge in [0.25, 0.3) is 5.91 Å². The number of nitrogens with one attached hydrogen (secondary N) is 2. The van der Waals surface area contributed by atoms with Crippen LogP contribution in [0.25, 0.3) is 0 Å². The monoisotopic (exact) mass is 356 g/mol. The first-order valence-corrected chi connectivity index (χ1v) is 9.01. The summed E-state index contributed by atoms with van der Waals surface area (Å²) in [6.07, 6.45) is -0.159. The molecule has 0 heterocycles. The topological polar surface area (TPSA) is 102 Å². The summed E-state index contributed by atoms with van der Waals surface area (Å²) in [5.74, 6) is -1.05. The average molecular weight is 356 g/mol. The molecule has 1 aromatic carbocycles. The van der Waals surface area contributed by atoms with E-state index >= 15 is 0 Å². The molecule has 7 nitrogen and oxygen atoms in total. The van der Waals surface area contributed by atoms with Gasteiger partial charge in [-0.15, -0.1) is 0 Å². The molecule has 1 amide bonds. The zero-order valence-electron chi connectivity index (χ0n) is 14.4. The Hall–Kier alpha value is -1.93. The van der Waals surface area contributed by atoms with Crippen LogP contribution in [-0.4, -0.2) is 39.0 Å². The van der Waals surface area contributed by atoms with Gasteiger partial charge < -0.3 is 10.1 Å². The van der Waals surface area contributed by atoms with E-state index in [2.05, 4.69) is 10.0 Å². The Kier molecular flexibility index (Phi) is 6.92. The third kappa shape index (κ3) is 7.56. The van der Waals surface area contributed by atoms with E-state index in [1.54, 1.807) is 12.1 Å². The van der Waals surface area contributed by atoms with Crippen LogP contribution in [0.15, 0.2) is 29.2 Å². The summed E-state index contributed by atoms with van der Waals surface area (Å²) in [6, 6.07) is 6.37. The minimum Gasteiger partial charge on any atom is -0.456 e. The molecule has 0 unspecified atom stereocenters. The summed E-state index contributed by atoms with van der Waals surface area (Å²) in [4.78, 5) is 23.2. The van der Waals surface area contributed by atoms with Crippen molar-refractivity contribution in [3.63, 3.8) is 0 Å². The van der Waals surface area contributed by atoms with Crippen molar-refractivity contribution in [3.05, 3.63) is 29.8 Å². The predicted molar refractivity (Wildman–Crippen MR) is 89.8 cm³/mol. The molecular weight excluding hydrogens is 332 g/mol. The third-order valence-electron chi connectivity index (χ3n) is 2.83. The van der Waals surface area contributed by atoms with E-state index < -0.39 is 27.4 Å². The van der Waals surface area contributed by atoms with Crippen LogP contribution in [0.2, 0.25) is 0 Å². The second kappa shape index (κ2) is 8.25. The first-order chi connectivity index (χ1) is 11.0. The Balaban J connectivity index is 2.37. The fraction of sp³-hybridized carbons (Fsp3) is 0.500. The van der Waals surface area contributed by atoms with Crippen LogP contribution < -0.4 is 10.0 Å². The number of rotatable bonds is 7. The van der Waals surface area contributed by atoms with E-state index in [4.69, 9.17) is 4.74 Å². The maximum absolute atomic E-state index is 12.0. The molecule has 0 radical (unpaired) electrons. The van der Waals surface area contributed by atoms with Gasteiger partial charge in [-0.1, -0.05) is 17.7 Å². The first kappa shape index (κ1) is 20.1. The Morgan fingerprint density at radius 3 is 2.25 bits per heavy atom. The van der Waals surface area contributed by atoms with Crippen molar-refractivity contribution in [3.8, 4) is 0 Å². The zero-order chi connectivity index (χ0) is 18.4. The van der Waals surface area contributed by atoms with Crippen molar-refractivity contribution in [2.45, 2.75) is 44.6 Å². The number of hydrogen-bond acceptors (Lipinski definition) is 5. The summed E-state index contributed by atoms with van der Waals surface area (Å²) in [5.41, 5.74) is 0.540. The predicted octanol–water partition coefficient (Wildman–Crippen LogP) is 1.12. The quantitative estimate of drug-likeness (QED) is 0.713. The molecule has 2 N–H and O–H groups in total. The van der Waals surface area contributed by atoms with Gasteiger partial charge >= 0.3 is 5.97 Å². The van der Waals surface area contributed by atoms with Crippen LogP contribution in [-0.2, 0) is 24.3 Å². The number of aryl methyl sites for hydroxylation is 1. The normalized spacial score (nSPS) is 11.8. The summed E-state index contributed by atoms with van der Waals surface area (Å²) in [5, 5.41) is 2.65. The number of sulfonamides is 1. The van der Waals surface area contributed by atoms with Gasteiger partial charge in [0, 0.05) is 12.1 Å². The molecule has 24 heavy (non-hydrogen) atoms. The van der Waals surface area contributed by atoms with E-state index in [1.807, 2.05) is 27.7 Å². The van der Waals surface area contributed by atoms with Crippen molar-refractivity contribution >= 4 is 21.9 Å². The van der Waals surface area contributed by atoms with E-state index in [9.17, 15) is 18.0 Å². The Morgan fingerprint density at radius 2 is 1.71 bits per heavy atom. The van der Waals surface area contributed by atoms with Crippen LogP contribution in [0.3, 0.4) is 0 Å². The number of hydrogen-bond donors (Lipinski definition) is 2. The summed E-state index contributed by atoms with van der Waals surface area (Å²) in [6.45, 7) is 6.80. The number of carbonyl (C=O) groups is 2. The van der Waals surface area contributed by atoms with Crippen molar-refractivity contribution in [2.24, 2.45) is 0 Å². The van der Waals surface area contributed by atoms with Crippen molar-refractivity contribution in [1.29, 1.82) is 0 Å². The number of ether oxygens (including phenoxy) is 1. The van der Waals surface area contributed by atoms with E-state index in [0.717, 1.165) is 5.56 Å². The van der Waals surface area contributed by atoms with Gasteiger partial charge in [0.1, 0.15) is 0 Å². The lowest BCUT2D eigenvalue weighted by atomic mass is 10.1. The lowest BCUT2D eigenvalue weighted by Crippen LogP contribution is -2.42. The van der Waals surface area contributed by atoms with Gasteiger partial charge in [-0.2, -0.15) is 0 Å². The molecule has 134 valence electrons. The highest BCUT2D eigenvalue weighted by molar-refractivity contribution is 7.89. The lowest BCUT2D eigenvalue weighted by molar-refractivity contribution is -0.148. The highest BCUT2D eigenvalue weighted by Crippen LogP contribution is 2.09. The van der Waals surface area contributed by atoms with Gasteiger partial charge in [-0.25, -0.2) is 13.1 Å². The minimum atomic E-state index is -3.67. The molecular formula is C16H24N2O5S. The van der Waals surface area contributed by atoms with Crippen LogP contribution in [0.4, 0.5) is 0 Å². The van der Waals surface area contributed by atoms with E-state index in [0.29, 0.717) is 0 Å². The highest BCUT2D eigenvalue weighted by Gasteiger charge is 2.16. The molecule has 0 aliphatic rings. The third-order valence-corrected chi connectivity index (χ3v) is 4.31. The average Bonchev–Trinajstić information content (AvgIpc) is 2.43. The van der Waals surface area contributed by atoms with Gasteiger partial charge in [-0.3, -0.25) is 9.59 Å². The maximum atomic E-state index is 12.0. The molecule has 0 spiro atoms. The molecule has 1 aromatic rings. The fourth-order valence-corrected chi connectivity index (χ4v) is 2.79. The molecule has 8 heteroatoms. The van der Waals surface area contributed by atoms with Crippen molar-refractivity contribution in [1.82, 2.24) is 10.0 Å². The Morgan fingerprint density at radius 1 is 1.12 bits per heavy atom. The Bertz CT molecular complexity index is 675. The molecule has 0 saturated carbocycles. The highest BCUT2D eigenvalue weighted by atomic mass is 32.2. The van der Waals surface area contributed by atoms with Gasteiger partial charge in [0.05, 0.1) is 11.3 Å². The molecule has 0 aliphatic heterocycles. The maximum Gasteiger partial charge on any atom is 0.307 e. The fourth-order valence-electron chi connectivity index (χ4n) is 1.76. The lowest BCUT2D eigenvalue weighted by Gasteiger charge is -2.20. The number of amides is 1. The Labute approximate surface area is 142 Å². The molecule has 0 aliphatic carbocycles. The van der Waals surface area contributed by atoms with Gasteiger partial charge in [0.15, 0.2) is 6.61 Å². The first-order valence-electron chi connectivity index (χ1n) is 7.52. The van der Waals surface area contributed by atoms with E-state index in [1.165, 1.54) is 12.1 Å². The minimum absolute atomic E-state index is 0.101. The van der Waals surface area contributed by atoms with Gasteiger partial charge in [0.2, 0.25) is 10.0 Å².